The van der Waals surface area contributed by atoms with E-state index in [9.17, 15) is 4.79 Å². The molecule has 2 aromatic rings. The van der Waals surface area contributed by atoms with E-state index in [-0.39, 0.29) is 11.3 Å². The van der Waals surface area contributed by atoms with Gasteiger partial charge in [-0.05, 0) is 43.2 Å². The molecule has 3 nitrogen and oxygen atoms in total. The van der Waals surface area contributed by atoms with Crippen LogP contribution in [-0.2, 0) is 11.2 Å². The lowest BCUT2D eigenvalue weighted by molar-refractivity contribution is -0.126. The highest BCUT2D eigenvalue weighted by Gasteiger charge is 2.61. The van der Waals surface area contributed by atoms with Crippen LogP contribution >= 0.6 is 0 Å². The van der Waals surface area contributed by atoms with E-state index in [1.165, 1.54) is 18.4 Å². The Kier molecular flexibility index (Phi) is 2.95. The third kappa shape index (κ3) is 2.11. The minimum atomic E-state index is 0.0248. The first-order chi connectivity index (χ1) is 10.3. The van der Waals surface area contributed by atoms with Crippen molar-refractivity contribution in [3.63, 3.8) is 0 Å². The number of aromatic nitrogens is 1. The molecular formula is C18H20N2O. The number of nitrogens with one attached hydrogen (secondary N) is 1. The lowest BCUT2D eigenvalue weighted by Crippen LogP contribution is -2.33. The van der Waals surface area contributed by atoms with Crippen LogP contribution in [0.3, 0.4) is 0 Å². The second-order valence-electron chi connectivity index (χ2n) is 6.45. The van der Waals surface area contributed by atoms with Gasteiger partial charge in [0.15, 0.2) is 0 Å². The monoisotopic (exact) mass is 280 g/mol. The number of para-hydroxylation sites is 1. The molecule has 108 valence electrons. The summed E-state index contributed by atoms with van der Waals surface area (Å²) in [5.74, 6) is 0.968. The average molecular weight is 280 g/mol. The number of pyridine rings is 1. The van der Waals surface area contributed by atoms with Gasteiger partial charge >= 0.3 is 0 Å². The molecule has 0 radical (unpaired) electrons. The van der Waals surface area contributed by atoms with Crippen molar-refractivity contribution in [1.82, 2.24) is 10.3 Å². The van der Waals surface area contributed by atoms with Gasteiger partial charge in [0.05, 0.1) is 10.9 Å². The van der Waals surface area contributed by atoms with Crippen LogP contribution in [0.2, 0.25) is 0 Å². The van der Waals surface area contributed by atoms with E-state index < -0.39 is 0 Å². The van der Waals surface area contributed by atoms with Crippen molar-refractivity contribution in [2.45, 2.75) is 32.1 Å². The number of benzene rings is 1. The molecule has 0 spiro atoms. The van der Waals surface area contributed by atoms with Crippen LogP contribution in [0.25, 0.3) is 10.9 Å². The average Bonchev–Trinajstić information content (AvgIpc) is 3.09. The van der Waals surface area contributed by atoms with E-state index in [0.717, 1.165) is 30.2 Å². The lowest BCUT2D eigenvalue weighted by atomic mass is 10.0. The van der Waals surface area contributed by atoms with Gasteiger partial charge in [0.2, 0.25) is 5.91 Å². The van der Waals surface area contributed by atoms with Gasteiger partial charge in [-0.15, -0.1) is 0 Å². The van der Waals surface area contributed by atoms with Crippen LogP contribution < -0.4 is 5.32 Å². The fraction of sp³-hybridized carbons (Fsp3) is 0.444. The topological polar surface area (TPSA) is 42.0 Å². The molecule has 2 aliphatic carbocycles. The van der Waals surface area contributed by atoms with E-state index >= 15 is 0 Å². The van der Waals surface area contributed by atoms with Crippen LogP contribution in [0, 0.1) is 11.3 Å². The van der Waals surface area contributed by atoms with Crippen LogP contribution in [0.15, 0.2) is 36.5 Å². The molecule has 3 heteroatoms. The normalized spacial score (nSPS) is 26.6. The predicted molar refractivity (Wildman–Crippen MR) is 82.8 cm³/mol. The third-order valence-electron chi connectivity index (χ3n) is 5.26. The van der Waals surface area contributed by atoms with Gasteiger partial charge in [-0.2, -0.15) is 0 Å². The molecule has 2 aliphatic rings. The van der Waals surface area contributed by atoms with Crippen molar-refractivity contribution >= 4 is 16.8 Å². The summed E-state index contributed by atoms with van der Waals surface area (Å²) in [5, 5.41) is 4.32. The fourth-order valence-corrected chi connectivity index (χ4v) is 3.98. The zero-order valence-electron chi connectivity index (χ0n) is 12.1. The van der Waals surface area contributed by atoms with Crippen LogP contribution in [0.5, 0.6) is 0 Å². The van der Waals surface area contributed by atoms with Crippen molar-refractivity contribution in [2.75, 3.05) is 6.54 Å². The molecule has 1 N–H and O–H groups in total. The predicted octanol–water partition coefficient (Wildman–Crippen LogP) is 3.08. The number of carbonyl (C=O) groups excluding carboxylic acids is 1. The van der Waals surface area contributed by atoms with Crippen LogP contribution in [-0.4, -0.2) is 17.4 Å². The number of hydrogen-bond acceptors (Lipinski definition) is 2. The number of rotatable bonds is 4. The van der Waals surface area contributed by atoms with Gasteiger partial charge in [-0.3, -0.25) is 9.78 Å². The van der Waals surface area contributed by atoms with Crippen molar-refractivity contribution in [3.05, 3.63) is 42.1 Å². The van der Waals surface area contributed by atoms with E-state index in [1.807, 2.05) is 12.3 Å². The molecule has 1 heterocycles. The largest absolute Gasteiger partial charge is 0.355 e. The first-order valence-corrected chi connectivity index (χ1v) is 7.90. The maximum atomic E-state index is 12.3. The van der Waals surface area contributed by atoms with Gasteiger partial charge in [-0.25, -0.2) is 0 Å². The Morgan fingerprint density at radius 1 is 1.33 bits per heavy atom. The van der Waals surface area contributed by atoms with Crippen LogP contribution in [0.4, 0.5) is 0 Å². The van der Waals surface area contributed by atoms with Gasteiger partial charge in [0, 0.05) is 18.1 Å². The Labute approximate surface area is 124 Å². The maximum absolute atomic E-state index is 12.3. The van der Waals surface area contributed by atoms with E-state index in [1.54, 1.807) is 0 Å². The summed E-state index contributed by atoms with van der Waals surface area (Å²) in [4.78, 5) is 16.8. The standard InChI is InChI=1S/C18H20N2O/c21-17(18-9-2-7-15(18)12-18)20-11-8-14-5-1-4-13-6-3-10-19-16(13)14/h1,3-6,10,15H,2,7-9,11-12H2,(H,20,21)/t15-,18+/m1/s1. The molecule has 2 atom stereocenters. The molecule has 1 aromatic heterocycles. The molecule has 2 fully saturated rings. The van der Waals surface area contributed by atoms with Crippen molar-refractivity contribution < 1.29 is 4.79 Å². The highest BCUT2D eigenvalue weighted by molar-refractivity contribution is 5.86. The SMILES string of the molecule is O=C(NCCc1cccc2cccnc12)[C@]12CCC[C@@H]1C2. The molecule has 2 saturated carbocycles. The summed E-state index contributed by atoms with van der Waals surface area (Å²) in [6, 6.07) is 10.3. The second kappa shape index (κ2) is 4.83. The maximum Gasteiger partial charge on any atom is 0.226 e. The van der Waals surface area contributed by atoms with Gasteiger partial charge in [0.25, 0.3) is 0 Å². The fourth-order valence-electron chi connectivity index (χ4n) is 3.98. The van der Waals surface area contributed by atoms with Crippen molar-refractivity contribution in [3.8, 4) is 0 Å². The molecule has 21 heavy (non-hydrogen) atoms. The Bertz CT molecular complexity index is 691. The summed E-state index contributed by atoms with van der Waals surface area (Å²) in [7, 11) is 0. The molecule has 1 aromatic carbocycles. The molecule has 0 unspecified atom stereocenters. The first-order valence-electron chi connectivity index (χ1n) is 7.90. The zero-order chi connectivity index (χ0) is 14.3. The Balaban J connectivity index is 1.41. The molecule has 0 saturated heterocycles. The minimum Gasteiger partial charge on any atom is -0.355 e. The number of amides is 1. The van der Waals surface area contributed by atoms with Crippen molar-refractivity contribution in [2.24, 2.45) is 11.3 Å². The second-order valence-corrected chi connectivity index (χ2v) is 6.45. The lowest BCUT2D eigenvalue weighted by Gasteiger charge is -2.13. The Morgan fingerprint density at radius 3 is 3.05 bits per heavy atom. The number of hydrogen-bond donors (Lipinski definition) is 1. The molecule has 0 bridgehead atoms. The van der Waals surface area contributed by atoms with E-state index in [4.69, 9.17) is 0 Å². The summed E-state index contributed by atoms with van der Waals surface area (Å²) in [6.45, 7) is 0.711. The minimum absolute atomic E-state index is 0.0248. The quantitative estimate of drug-likeness (QED) is 0.935. The summed E-state index contributed by atoms with van der Waals surface area (Å²) in [6.07, 6.45) is 7.37. The molecule has 4 rings (SSSR count). The smallest absolute Gasteiger partial charge is 0.226 e. The Hall–Kier alpha value is -1.90. The number of fused-ring (bicyclic) bond motifs is 2. The molecule has 1 amide bonds. The highest BCUT2D eigenvalue weighted by Crippen LogP contribution is 2.63. The van der Waals surface area contributed by atoms with Crippen molar-refractivity contribution in [1.29, 1.82) is 0 Å². The summed E-state index contributed by atoms with van der Waals surface area (Å²) in [5.41, 5.74) is 2.29. The van der Waals surface area contributed by atoms with Crippen LogP contribution in [0.1, 0.15) is 31.2 Å². The number of nitrogens with zero attached hydrogens (tertiary/aromatic N) is 1. The molecule has 0 aliphatic heterocycles. The first kappa shape index (κ1) is 12.8. The highest BCUT2D eigenvalue weighted by atomic mass is 16.2. The Morgan fingerprint density at radius 2 is 2.24 bits per heavy atom. The molecular weight excluding hydrogens is 260 g/mol. The summed E-state index contributed by atoms with van der Waals surface area (Å²) >= 11 is 0. The summed E-state index contributed by atoms with van der Waals surface area (Å²) < 4.78 is 0. The number of carbonyl (C=O) groups is 1. The third-order valence-corrected chi connectivity index (χ3v) is 5.26. The van der Waals surface area contributed by atoms with Gasteiger partial charge < -0.3 is 5.32 Å². The van der Waals surface area contributed by atoms with E-state index in [0.29, 0.717) is 12.5 Å². The van der Waals surface area contributed by atoms with Gasteiger partial charge in [0.1, 0.15) is 0 Å². The van der Waals surface area contributed by atoms with E-state index in [2.05, 4.69) is 34.6 Å². The van der Waals surface area contributed by atoms with Gasteiger partial charge in [-0.1, -0.05) is 30.7 Å². The zero-order valence-corrected chi connectivity index (χ0v) is 12.1.